The lowest BCUT2D eigenvalue weighted by molar-refractivity contribution is -0.385. The third-order valence-electron chi connectivity index (χ3n) is 5.13. The average molecular weight is 435 g/mol. The first-order chi connectivity index (χ1) is 14.5. The van der Waals surface area contributed by atoms with Crippen LogP contribution in [-0.2, 0) is 0 Å². The fourth-order valence-electron chi connectivity index (χ4n) is 3.70. The Morgan fingerprint density at radius 3 is 1.60 bits per heavy atom. The zero-order valence-corrected chi connectivity index (χ0v) is 18.4. The number of nitrogens with zero attached hydrogens (tertiary/aromatic N) is 1. The van der Waals surface area contributed by atoms with Gasteiger partial charge < -0.3 is 23.7 Å². The van der Waals surface area contributed by atoms with Crippen LogP contribution < -0.4 is 23.7 Å². The van der Waals surface area contributed by atoms with Gasteiger partial charge in [-0.3, -0.25) is 10.1 Å². The molecule has 0 bridgehead atoms. The second kappa shape index (κ2) is 9.34. The molecule has 0 amide bonds. The molecule has 2 atom stereocenters. The molecule has 0 N–H and O–H groups in total. The van der Waals surface area contributed by atoms with Gasteiger partial charge in [-0.2, -0.15) is 0 Å². The average Bonchev–Trinajstić information content (AvgIpc) is 3.27. The van der Waals surface area contributed by atoms with Crippen molar-refractivity contribution in [3.05, 3.63) is 45.5 Å². The molecule has 0 spiro atoms. The summed E-state index contributed by atoms with van der Waals surface area (Å²) in [5, 5.41) is 11.8. The van der Waals surface area contributed by atoms with Crippen LogP contribution in [-0.4, -0.2) is 40.5 Å². The molecule has 0 aromatic heterocycles. The van der Waals surface area contributed by atoms with Crippen molar-refractivity contribution in [2.24, 2.45) is 0 Å². The van der Waals surface area contributed by atoms with Gasteiger partial charge in [0.05, 0.1) is 40.5 Å². The topological polar surface area (TPSA) is 89.3 Å². The van der Waals surface area contributed by atoms with E-state index in [2.05, 4.69) is 0 Å². The van der Waals surface area contributed by atoms with Gasteiger partial charge in [-0.15, -0.1) is 11.8 Å². The first-order valence-electron chi connectivity index (χ1n) is 9.33. The standard InChI is InChI=1S/C21H25NO7S/c1-25-15-9-12(8-14(22(23)24)20(15)28-4)18-6-7-19(30-18)13-10-16(26-2)21(29-5)17(11-13)27-3/h8-11,18-19H,6-7H2,1-5H3/t18-,19-/m1/s1. The van der Waals surface area contributed by atoms with Crippen molar-refractivity contribution in [3.63, 3.8) is 0 Å². The number of nitro benzene ring substituents is 1. The second-order valence-corrected chi connectivity index (χ2v) is 8.09. The van der Waals surface area contributed by atoms with E-state index in [1.807, 2.05) is 18.2 Å². The minimum atomic E-state index is -0.443. The number of hydrogen-bond acceptors (Lipinski definition) is 8. The van der Waals surface area contributed by atoms with Crippen molar-refractivity contribution in [1.82, 2.24) is 0 Å². The van der Waals surface area contributed by atoms with Gasteiger partial charge in [0, 0.05) is 16.6 Å². The van der Waals surface area contributed by atoms with Crippen LogP contribution in [0, 0.1) is 10.1 Å². The van der Waals surface area contributed by atoms with Crippen molar-refractivity contribution < 1.29 is 28.6 Å². The zero-order valence-electron chi connectivity index (χ0n) is 17.6. The number of nitro groups is 1. The van der Waals surface area contributed by atoms with E-state index in [0.29, 0.717) is 23.0 Å². The van der Waals surface area contributed by atoms with Crippen molar-refractivity contribution in [2.45, 2.75) is 23.3 Å². The van der Waals surface area contributed by atoms with Gasteiger partial charge >= 0.3 is 5.69 Å². The smallest absolute Gasteiger partial charge is 0.315 e. The molecule has 2 aromatic rings. The molecule has 1 aliphatic rings. The minimum Gasteiger partial charge on any atom is -0.493 e. The fourth-order valence-corrected chi connectivity index (χ4v) is 5.23. The predicted octanol–water partition coefficient (Wildman–Crippen LogP) is 4.95. The van der Waals surface area contributed by atoms with E-state index in [9.17, 15) is 10.1 Å². The summed E-state index contributed by atoms with van der Waals surface area (Å²) in [6.07, 6.45) is 1.79. The Morgan fingerprint density at radius 1 is 0.767 bits per heavy atom. The molecule has 1 fully saturated rings. The normalized spacial score (nSPS) is 18.0. The van der Waals surface area contributed by atoms with Crippen LogP contribution in [0.2, 0.25) is 0 Å². The SMILES string of the molecule is COc1cc([C@H]2CC[C@H](c3cc(OC)c(OC)c([N+](=O)[O-])c3)S2)cc(OC)c1OC. The van der Waals surface area contributed by atoms with E-state index in [4.69, 9.17) is 23.7 Å². The lowest BCUT2D eigenvalue weighted by atomic mass is 10.0. The molecular weight excluding hydrogens is 410 g/mol. The van der Waals surface area contributed by atoms with Gasteiger partial charge in [0.15, 0.2) is 17.2 Å². The Hall–Kier alpha value is -2.81. The highest BCUT2D eigenvalue weighted by atomic mass is 32.2. The Bertz CT molecular complexity index is 909. The van der Waals surface area contributed by atoms with E-state index in [0.717, 1.165) is 24.0 Å². The first kappa shape index (κ1) is 21.9. The van der Waals surface area contributed by atoms with Crippen molar-refractivity contribution in [3.8, 4) is 28.7 Å². The lowest BCUT2D eigenvalue weighted by Gasteiger charge is -2.18. The van der Waals surface area contributed by atoms with E-state index in [-0.39, 0.29) is 21.9 Å². The van der Waals surface area contributed by atoms with Gasteiger partial charge in [0.1, 0.15) is 0 Å². The molecule has 1 heterocycles. The summed E-state index contributed by atoms with van der Waals surface area (Å²) in [5.74, 6) is 2.27. The Kier molecular flexibility index (Phi) is 6.81. The maximum Gasteiger partial charge on any atom is 0.315 e. The van der Waals surface area contributed by atoms with Gasteiger partial charge in [0.2, 0.25) is 11.5 Å². The van der Waals surface area contributed by atoms with Gasteiger partial charge in [-0.1, -0.05) is 0 Å². The number of thioether (sulfide) groups is 1. The van der Waals surface area contributed by atoms with Gasteiger partial charge in [0.25, 0.3) is 0 Å². The molecular formula is C21H25NO7S. The summed E-state index contributed by atoms with van der Waals surface area (Å²) in [6, 6.07) is 7.31. The quantitative estimate of drug-likeness (QED) is 0.425. The Morgan fingerprint density at radius 2 is 1.20 bits per heavy atom. The van der Waals surface area contributed by atoms with Crippen LogP contribution in [0.15, 0.2) is 24.3 Å². The Balaban J connectivity index is 1.92. The summed E-state index contributed by atoms with van der Waals surface area (Å²) in [7, 11) is 7.63. The van der Waals surface area contributed by atoms with Crippen molar-refractivity contribution >= 4 is 17.4 Å². The van der Waals surface area contributed by atoms with E-state index in [1.165, 1.54) is 14.2 Å². The first-order valence-corrected chi connectivity index (χ1v) is 10.3. The third-order valence-corrected chi connectivity index (χ3v) is 6.80. The molecule has 162 valence electrons. The zero-order chi connectivity index (χ0) is 21.8. The molecule has 2 aromatic carbocycles. The number of methoxy groups -OCH3 is 5. The highest BCUT2D eigenvalue weighted by molar-refractivity contribution is 8.00. The molecule has 3 rings (SSSR count). The maximum absolute atomic E-state index is 11.5. The van der Waals surface area contributed by atoms with Crippen LogP contribution in [0.1, 0.15) is 34.5 Å². The molecule has 1 saturated heterocycles. The molecule has 1 aliphatic heterocycles. The Labute approximate surface area is 179 Å². The van der Waals surface area contributed by atoms with Crippen LogP contribution in [0.4, 0.5) is 5.69 Å². The lowest BCUT2D eigenvalue weighted by Crippen LogP contribution is -2.00. The second-order valence-electron chi connectivity index (χ2n) is 6.68. The highest BCUT2D eigenvalue weighted by Crippen LogP contribution is 2.56. The third kappa shape index (κ3) is 4.07. The highest BCUT2D eigenvalue weighted by Gasteiger charge is 2.32. The molecule has 8 nitrogen and oxygen atoms in total. The summed E-state index contributed by atoms with van der Waals surface area (Å²) >= 11 is 1.75. The molecule has 0 unspecified atom stereocenters. The van der Waals surface area contributed by atoms with Crippen LogP contribution >= 0.6 is 11.8 Å². The summed E-state index contributed by atoms with van der Waals surface area (Å²) < 4.78 is 26.9. The van der Waals surface area contributed by atoms with E-state index < -0.39 is 4.92 Å². The molecule has 9 heteroatoms. The predicted molar refractivity (Wildman–Crippen MR) is 115 cm³/mol. The monoisotopic (exact) mass is 435 g/mol. The van der Waals surface area contributed by atoms with Gasteiger partial charge in [-0.05, 0) is 42.2 Å². The van der Waals surface area contributed by atoms with Crippen LogP contribution in [0.25, 0.3) is 0 Å². The molecule has 30 heavy (non-hydrogen) atoms. The summed E-state index contributed by atoms with van der Waals surface area (Å²) in [6.45, 7) is 0. The van der Waals surface area contributed by atoms with E-state index in [1.54, 1.807) is 39.2 Å². The fraction of sp³-hybridized carbons (Fsp3) is 0.429. The van der Waals surface area contributed by atoms with Crippen molar-refractivity contribution in [2.75, 3.05) is 35.5 Å². The number of ether oxygens (including phenoxy) is 5. The maximum atomic E-state index is 11.5. The molecule has 0 aliphatic carbocycles. The molecule has 0 saturated carbocycles. The van der Waals surface area contributed by atoms with Gasteiger partial charge in [-0.25, -0.2) is 0 Å². The largest absolute Gasteiger partial charge is 0.493 e. The number of benzene rings is 2. The number of hydrogen-bond donors (Lipinski definition) is 0. The van der Waals surface area contributed by atoms with E-state index >= 15 is 0 Å². The summed E-state index contributed by atoms with van der Waals surface area (Å²) in [4.78, 5) is 11.1. The number of rotatable bonds is 8. The van der Waals surface area contributed by atoms with Crippen molar-refractivity contribution in [1.29, 1.82) is 0 Å². The van der Waals surface area contributed by atoms with Crippen LogP contribution in [0.5, 0.6) is 28.7 Å². The minimum absolute atomic E-state index is 0.0904. The summed E-state index contributed by atoms with van der Waals surface area (Å²) in [5.41, 5.74) is 1.81. The van der Waals surface area contributed by atoms with Crippen LogP contribution in [0.3, 0.4) is 0 Å². The molecule has 0 radical (unpaired) electrons.